The lowest BCUT2D eigenvalue weighted by molar-refractivity contribution is -0.136. The third-order valence-corrected chi connectivity index (χ3v) is 5.47. The number of amides is 4. The minimum absolute atomic E-state index is 0.222. The van der Waals surface area contributed by atoms with E-state index in [0.717, 1.165) is 24.2 Å². The Morgan fingerprint density at radius 1 is 1.31 bits per heavy atom. The molecule has 1 spiro atoms. The number of benzene rings is 1. The van der Waals surface area contributed by atoms with E-state index in [-0.39, 0.29) is 17.5 Å². The van der Waals surface area contributed by atoms with Gasteiger partial charge in [0.15, 0.2) is 0 Å². The van der Waals surface area contributed by atoms with E-state index in [1.54, 1.807) is 13.1 Å². The van der Waals surface area contributed by atoms with Crippen LogP contribution < -0.4 is 5.32 Å². The summed E-state index contributed by atoms with van der Waals surface area (Å²) in [5, 5.41) is 11.7. The lowest BCUT2D eigenvalue weighted by atomic mass is 9.81. The lowest BCUT2D eigenvalue weighted by Gasteiger charge is -2.35. The molecule has 1 saturated heterocycles. The van der Waals surface area contributed by atoms with Crippen molar-refractivity contribution >= 4 is 35.1 Å². The van der Waals surface area contributed by atoms with E-state index < -0.39 is 17.5 Å². The normalized spacial score (nSPS) is 19.0. The zero-order valence-corrected chi connectivity index (χ0v) is 15.2. The van der Waals surface area contributed by atoms with Crippen LogP contribution in [0, 0.1) is 11.3 Å². The summed E-state index contributed by atoms with van der Waals surface area (Å²) < 4.78 is 0. The molecule has 2 aliphatic rings. The quantitative estimate of drug-likeness (QED) is 0.823. The van der Waals surface area contributed by atoms with E-state index in [1.165, 1.54) is 17.0 Å². The molecular formula is C18H19ClN4O3. The number of carbonyl (C=O) groups excluding carboxylic acids is 3. The van der Waals surface area contributed by atoms with Crippen molar-refractivity contribution in [2.75, 3.05) is 18.9 Å². The number of carbonyl (C=O) groups is 3. The first-order chi connectivity index (χ1) is 12.4. The average Bonchev–Trinajstić information content (AvgIpc) is 2.79. The number of anilines is 1. The van der Waals surface area contributed by atoms with Gasteiger partial charge in [-0.1, -0.05) is 30.9 Å². The molecule has 1 saturated carbocycles. The zero-order valence-electron chi connectivity index (χ0n) is 14.4. The van der Waals surface area contributed by atoms with Gasteiger partial charge in [-0.2, -0.15) is 5.26 Å². The Kier molecular flexibility index (Phi) is 4.88. The molecule has 1 aliphatic heterocycles. The third-order valence-electron chi connectivity index (χ3n) is 5.16. The van der Waals surface area contributed by atoms with E-state index in [9.17, 15) is 14.4 Å². The van der Waals surface area contributed by atoms with Crippen LogP contribution in [0.5, 0.6) is 0 Å². The van der Waals surface area contributed by atoms with Gasteiger partial charge in [0.2, 0.25) is 5.91 Å². The standard InChI is InChI=1S/C18H19ClN4O3/c1-22-17(26)23(16(25)18(22)7-3-2-4-8-18)11-15(24)21-13-6-5-12(10-20)14(19)9-13/h5-6,9H,2-4,7-8,11H2,1H3,(H,21,24). The molecule has 26 heavy (non-hydrogen) atoms. The third kappa shape index (κ3) is 3.01. The number of urea groups is 1. The number of nitrogens with zero attached hydrogens (tertiary/aromatic N) is 3. The van der Waals surface area contributed by atoms with Crippen LogP contribution >= 0.6 is 11.6 Å². The second-order valence-corrected chi connectivity index (χ2v) is 7.09. The topological polar surface area (TPSA) is 93.5 Å². The number of nitrogens with one attached hydrogen (secondary N) is 1. The summed E-state index contributed by atoms with van der Waals surface area (Å²) in [4.78, 5) is 40.2. The summed E-state index contributed by atoms with van der Waals surface area (Å²) in [6.45, 7) is -0.346. The van der Waals surface area contributed by atoms with Crippen LogP contribution in [-0.4, -0.2) is 46.8 Å². The monoisotopic (exact) mass is 374 g/mol. The van der Waals surface area contributed by atoms with Gasteiger partial charge in [-0.05, 0) is 31.0 Å². The summed E-state index contributed by atoms with van der Waals surface area (Å²) >= 11 is 5.95. The van der Waals surface area contributed by atoms with Crippen molar-refractivity contribution in [3.8, 4) is 6.07 Å². The molecule has 0 aromatic heterocycles. The Balaban J connectivity index is 1.71. The molecule has 7 nitrogen and oxygen atoms in total. The Hall–Kier alpha value is -2.59. The van der Waals surface area contributed by atoms with Gasteiger partial charge in [0.25, 0.3) is 5.91 Å². The molecule has 0 atom stereocenters. The minimum atomic E-state index is -0.798. The highest BCUT2D eigenvalue weighted by Gasteiger charge is 2.55. The largest absolute Gasteiger partial charge is 0.327 e. The van der Waals surface area contributed by atoms with Crippen LogP contribution in [0.1, 0.15) is 37.7 Å². The van der Waals surface area contributed by atoms with Crippen LogP contribution in [0.3, 0.4) is 0 Å². The second kappa shape index (κ2) is 6.96. The fraction of sp³-hybridized carbons (Fsp3) is 0.444. The van der Waals surface area contributed by atoms with Gasteiger partial charge >= 0.3 is 6.03 Å². The fourth-order valence-electron chi connectivity index (χ4n) is 3.70. The number of imide groups is 1. The average molecular weight is 375 g/mol. The number of likely N-dealkylation sites (N-methyl/N-ethyl adjacent to an activating group) is 1. The fourth-order valence-corrected chi connectivity index (χ4v) is 3.92. The Morgan fingerprint density at radius 2 is 2.00 bits per heavy atom. The maximum absolute atomic E-state index is 12.9. The highest BCUT2D eigenvalue weighted by molar-refractivity contribution is 6.32. The second-order valence-electron chi connectivity index (χ2n) is 6.68. The Labute approximate surface area is 156 Å². The number of rotatable bonds is 3. The van der Waals surface area contributed by atoms with Crippen molar-refractivity contribution in [3.05, 3.63) is 28.8 Å². The Bertz CT molecular complexity index is 811. The van der Waals surface area contributed by atoms with Crippen LogP contribution in [0.4, 0.5) is 10.5 Å². The molecule has 0 unspecified atom stereocenters. The van der Waals surface area contributed by atoms with Gasteiger partial charge in [-0.15, -0.1) is 0 Å². The predicted molar refractivity (Wildman–Crippen MR) is 95.5 cm³/mol. The van der Waals surface area contributed by atoms with Crippen LogP contribution in [0.25, 0.3) is 0 Å². The summed E-state index contributed by atoms with van der Waals surface area (Å²) in [5.41, 5.74) is -0.0952. The molecule has 4 amide bonds. The van der Waals surface area contributed by atoms with E-state index in [0.29, 0.717) is 24.1 Å². The maximum Gasteiger partial charge on any atom is 0.327 e. The SMILES string of the molecule is CN1C(=O)N(CC(=O)Nc2ccc(C#N)c(Cl)c2)C(=O)C12CCCCC2. The van der Waals surface area contributed by atoms with Gasteiger partial charge in [-0.3, -0.25) is 14.5 Å². The van der Waals surface area contributed by atoms with Crippen molar-refractivity contribution in [2.45, 2.75) is 37.6 Å². The van der Waals surface area contributed by atoms with E-state index >= 15 is 0 Å². The van der Waals surface area contributed by atoms with Crippen molar-refractivity contribution in [1.82, 2.24) is 9.80 Å². The van der Waals surface area contributed by atoms with Crippen LogP contribution in [-0.2, 0) is 9.59 Å². The molecule has 1 aromatic carbocycles. The molecular weight excluding hydrogens is 356 g/mol. The molecule has 8 heteroatoms. The molecule has 136 valence electrons. The Morgan fingerprint density at radius 3 is 2.62 bits per heavy atom. The van der Waals surface area contributed by atoms with E-state index in [2.05, 4.69) is 5.32 Å². The van der Waals surface area contributed by atoms with Gasteiger partial charge in [0, 0.05) is 12.7 Å². The summed E-state index contributed by atoms with van der Waals surface area (Å²) in [7, 11) is 1.63. The van der Waals surface area contributed by atoms with E-state index in [1.807, 2.05) is 6.07 Å². The first-order valence-electron chi connectivity index (χ1n) is 8.48. The number of hydrogen-bond donors (Lipinski definition) is 1. The molecule has 3 rings (SSSR count). The summed E-state index contributed by atoms with van der Waals surface area (Å²) in [6, 6.07) is 6.00. The molecule has 2 fully saturated rings. The van der Waals surface area contributed by atoms with Gasteiger partial charge in [0.05, 0.1) is 10.6 Å². The summed E-state index contributed by atoms with van der Waals surface area (Å²) in [6.07, 6.45) is 4.12. The van der Waals surface area contributed by atoms with Gasteiger partial charge < -0.3 is 10.2 Å². The van der Waals surface area contributed by atoms with Gasteiger partial charge in [-0.25, -0.2) is 4.79 Å². The molecule has 0 radical (unpaired) electrons. The van der Waals surface area contributed by atoms with Crippen molar-refractivity contribution in [3.63, 3.8) is 0 Å². The highest BCUT2D eigenvalue weighted by Crippen LogP contribution is 2.39. The number of hydrogen-bond acceptors (Lipinski definition) is 4. The summed E-state index contributed by atoms with van der Waals surface area (Å²) in [5.74, 6) is -0.786. The molecule has 1 aliphatic carbocycles. The van der Waals surface area contributed by atoms with Crippen molar-refractivity contribution in [1.29, 1.82) is 5.26 Å². The molecule has 1 aromatic rings. The number of nitriles is 1. The van der Waals surface area contributed by atoms with Crippen LogP contribution in [0.2, 0.25) is 5.02 Å². The van der Waals surface area contributed by atoms with Gasteiger partial charge in [0.1, 0.15) is 18.2 Å². The molecule has 1 heterocycles. The molecule has 1 N–H and O–H groups in total. The maximum atomic E-state index is 12.9. The zero-order chi connectivity index (χ0) is 18.9. The number of halogens is 1. The van der Waals surface area contributed by atoms with Crippen LogP contribution in [0.15, 0.2) is 18.2 Å². The predicted octanol–water partition coefficient (Wildman–Crippen LogP) is 2.75. The molecule has 0 bridgehead atoms. The first kappa shape index (κ1) is 18.2. The highest BCUT2D eigenvalue weighted by atomic mass is 35.5. The first-order valence-corrected chi connectivity index (χ1v) is 8.86. The lowest BCUT2D eigenvalue weighted by Crippen LogP contribution is -2.49. The van der Waals surface area contributed by atoms with E-state index in [4.69, 9.17) is 16.9 Å². The smallest absolute Gasteiger partial charge is 0.324 e. The van der Waals surface area contributed by atoms with Crippen molar-refractivity contribution < 1.29 is 14.4 Å². The van der Waals surface area contributed by atoms with Crippen molar-refractivity contribution in [2.24, 2.45) is 0 Å². The minimum Gasteiger partial charge on any atom is -0.324 e.